The zero-order valence-corrected chi connectivity index (χ0v) is 21.2. The zero-order chi connectivity index (χ0) is 36.2. The molecule has 0 aliphatic carbocycles. The first-order valence-electron chi connectivity index (χ1n) is 11.3. The fraction of sp³-hybridized carbons (Fsp3) is 0.391. The van der Waals surface area contributed by atoms with Gasteiger partial charge in [-0.3, -0.25) is 0 Å². The van der Waals surface area contributed by atoms with Crippen molar-refractivity contribution >= 4 is 32.9 Å². The number of anilines is 2. The van der Waals surface area contributed by atoms with E-state index in [0.29, 0.717) is 0 Å². The number of nitrogen functional groups attached to an aromatic ring is 2. The van der Waals surface area contributed by atoms with Gasteiger partial charge in [0.25, 0.3) is 16.8 Å². The Morgan fingerprint density at radius 2 is 0.783 bits per heavy atom. The molecule has 0 atom stereocenters. The molecule has 0 amide bonds. The molecule has 46 heavy (non-hydrogen) atoms. The van der Waals surface area contributed by atoms with E-state index in [1.165, 1.54) is 0 Å². The standard InChI is InChI=1S/C23H12F18N2O3/c24-18(25,26)15(44,19(27,28)29)10-3-6-1-2-7-9(8(6)5-12(10)42)4-11(16(45,20(30,31)32)21(33,34)35)14(43)13(7)17(46,22(36,37)38)23(39,40)41/h1-5,44-46H,42-43H2. The van der Waals surface area contributed by atoms with Crippen molar-refractivity contribution in [3.63, 3.8) is 0 Å². The van der Waals surface area contributed by atoms with Crippen LogP contribution >= 0.6 is 0 Å². The first-order chi connectivity index (χ1) is 20.1. The van der Waals surface area contributed by atoms with Crippen LogP contribution in [0.25, 0.3) is 21.5 Å². The van der Waals surface area contributed by atoms with Gasteiger partial charge in [-0.2, -0.15) is 79.0 Å². The van der Waals surface area contributed by atoms with Gasteiger partial charge in [0.2, 0.25) is 0 Å². The maximum Gasteiger partial charge on any atom is 0.430 e. The summed E-state index contributed by atoms with van der Waals surface area (Å²) in [6, 6.07) is -1.03. The molecule has 0 spiro atoms. The Kier molecular flexibility index (Phi) is 7.98. The van der Waals surface area contributed by atoms with Crippen LogP contribution < -0.4 is 11.5 Å². The first-order valence-corrected chi connectivity index (χ1v) is 11.3. The molecule has 0 aliphatic heterocycles. The minimum Gasteiger partial charge on any atom is -0.398 e. The van der Waals surface area contributed by atoms with E-state index in [-0.39, 0.29) is 24.3 Å². The second kappa shape index (κ2) is 9.95. The van der Waals surface area contributed by atoms with Crippen molar-refractivity contribution in [3.8, 4) is 0 Å². The highest BCUT2D eigenvalue weighted by atomic mass is 19.4. The fourth-order valence-electron chi connectivity index (χ4n) is 4.67. The van der Waals surface area contributed by atoms with Crippen LogP contribution in [0.15, 0.2) is 30.3 Å². The molecule has 0 saturated heterocycles. The molecule has 258 valence electrons. The topological polar surface area (TPSA) is 113 Å². The molecule has 0 radical (unpaired) electrons. The van der Waals surface area contributed by atoms with E-state index >= 15 is 0 Å². The summed E-state index contributed by atoms with van der Waals surface area (Å²) in [7, 11) is 0. The summed E-state index contributed by atoms with van der Waals surface area (Å²) in [5.41, 5.74) is -21.3. The maximum absolute atomic E-state index is 13.9. The Balaban J connectivity index is 2.78. The molecule has 23 heteroatoms. The lowest BCUT2D eigenvalue weighted by Gasteiger charge is -2.38. The molecular weight excluding hydrogens is 694 g/mol. The summed E-state index contributed by atoms with van der Waals surface area (Å²) in [6.45, 7) is 0. The smallest absolute Gasteiger partial charge is 0.398 e. The van der Waals surface area contributed by atoms with Crippen LogP contribution in [0.3, 0.4) is 0 Å². The normalized spacial score (nSPS) is 15.2. The molecular formula is C23H12F18N2O3. The highest BCUT2D eigenvalue weighted by Gasteiger charge is 2.76. The lowest BCUT2D eigenvalue weighted by atomic mass is 9.79. The quantitative estimate of drug-likeness (QED) is 0.114. The van der Waals surface area contributed by atoms with E-state index in [0.717, 1.165) is 0 Å². The number of alkyl halides is 18. The third-order valence-electron chi connectivity index (χ3n) is 6.95. The molecule has 5 nitrogen and oxygen atoms in total. The Morgan fingerprint density at radius 3 is 1.15 bits per heavy atom. The van der Waals surface area contributed by atoms with Crippen LogP contribution in [0.1, 0.15) is 16.7 Å². The Labute approximate surface area is 240 Å². The molecule has 0 aliphatic rings. The van der Waals surface area contributed by atoms with Crippen LogP contribution in [-0.4, -0.2) is 52.4 Å². The molecule has 0 bridgehead atoms. The van der Waals surface area contributed by atoms with E-state index in [1.54, 1.807) is 0 Å². The van der Waals surface area contributed by atoms with Crippen molar-refractivity contribution in [2.45, 2.75) is 53.9 Å². The molecule has 0 unspecified atom stereocenters. The summed E-state index contributed by atoms with van der Waals surface area (Å²) in [6.07, 6.45) is -41.5. The van der Waals surface area contributed by atoms with Crippen molar-refractivity contribution in [2.75, 3.05) is 11.5 Å². The van der Waals surface area contributed by atoms with Crippen molar-refractivity contribution in [3.05, 3.63) is 47.0 Å². The predicted octanol–water partition coefficient (Wildman–Crippen LogP) is 7.09. The number of rotatable bonds is 3. The van der Waals surface area contributed by atoms with Gasteiger partial charge in [0.15, 0.2) is 0 Å². The van der Waals surface area contributed by atoms with E-state index < -0.39 is 110 Å². The molecule has 0 fully saturated rings. The Morgan fingerprint density at radius 1 is 0.413 bits per heavy atom. The zero-order valence-electron chi connectivity index (χ0n) is 21.2. The predicted molar refractivity (Wildman–Crippen MR) is 118 cm³/mol. The van der Waals surface area contributed by atoms with Gasteiger partial charge in [-0.25, -0.2) is 0 Å². The third-order valence-corrected chi connectivity index (χ3v) is 6.95. The molecule has 0 heterocycles. The second-order valence-corrected chi connectivity index (χ2v) is 9.65. The van der Waals surface area contributed by atoms with Gasteiger partial charge in [0.1, 0.15) is 0 Å². The fourth-order valence-corrected chi connectivity index (χ4v) is 4.67. The average Bonchev–Trinajstić information content (AvgIpc) is 2.82. The van der Waals surface area contributed by atoms with Crippen molar-refractivity contribution < 1.29 is 94.3 Å². The summed E-state index contributed by atoms with van der Waals surface area (Å²) in [4.78, 5) is 0. The number of fused-ring (bicyclic) bond motifs is 3. The summed E-state index contributed by atoms with van der Waals surface area (Å²) < 4.78 is 247. The molecule has 3 rings (SSSR count). The molecule has 3 aromatic rings. The molecule has 7 N–H and O–H groups in total. The molecule has 3 aromatic carbocycles. The minimum atomic E-state index is -7.06. The van der Waals surface area contributed by atoms with E-state index in [1.807, 2.05) is 0 Å². The molecule has 0 aromatic heterocycles. The van der Waals surface area contributed by atoms with Gasteiger partial charge in [-0.05, 0) is 39.7 Å². The number of nitrogens with two attached hydrogens (primary N) is 2. The van der Waals surface area contributed by atoms with Crippen LogP contribution in [-0.2, 0) is 16.8 Å². The SMILES string of the molecule is Nc1cc2c(ccc3c(C(O)(C(F)(F)F)C(F)(F)F)c(N)c(C(O)(C(F)(F)F)C(F)(F)F)cc32)cc1C(O)(C(F)(F)F)C(F)(F)F. The number of hydrogen-bond donors (Lipinski definition) is 5. The van der Waals surface area contributed by atoms with Crippen molar-refractivity contribution in [1.29, 1.82) is 0 Å². The first kappa shape index (κ1) is 36.9. The van der Waals surface area contributed by atoms with Crippen LogP contribution in [0.2, 0.25) is 0 Å². The Hall–Kier alpha value is -3.60. The van der Waals surface area contributed by atoms with E-state index in [2.05, 4.69) is 0 Å². The highest BCUT2D eigenvalue weighted by molar-refractivity contribution is 6.12. The summed E-state index contributed by atoms with van der Waals surface area (Å²) in [5, 5.41) is 23.5. The van der Waals surface area contributed by atoms with Gasteiger partial charge in [0, 0.05) is 28.1 Å². The lowest BCUT2D eigenvalue weighted by Crippen LogP contribution is -2.56. The molecule has 0 saturated carbocycles. The average molecular weight is 706 g/mol. The Bertz CT molecular complexity index is 1640. The van der Waals surface area contributed by atoms with Crippen LogP contribution in [0, 0.1) is 0 Å². The van der Waals surface area contributed by atoms with Crippen molar-refractivity contribution in [2.24, 2.45) is 0 Å². The number of halogens is 18. The second-order valence-electron chi connectivity index (χ2n) is 9.65. The summed E-state index contributed by atoms with van der Waals surface area (Å²) >= 11 is 0. The van der Waals surface area contributed by atoms with Gasteiger partial charge >= 0.3 is 37.1 Å². The van der Waals surface area contributed by atoms with Gasteiger partial charge in [-0.1, -0.05) is 12.1 Å². The van der Waals surface area contributed by atoms with Gasteiger partial charge < -0.3 is 26.8 Å². The number of aliphatic hydroxyl groups is 3. The van der Waals surface area contributed by atoms with E-state index in [4.69, 9.17) is 11.5 Å². The largest absolute Gasteiger partial charge is 0.430 e. The number of benzene rings is 3. The number of hydrogen-bond acceptors (Lipinski definition) is 5. The van der Waals surface area contributed by atoms with Crippen LogP contribution in [0.4, 0.5) is 90.4 Å². The van der Waals surface area contributed by atoms with E-state index in [9.17, 15) is 94.3 Å². The monoisotopic (exact) mass is 706 g/mol. The maximum atomic E-state index is 13.9. The van der Waals surface area contributed by atoms with Crippen molar-refractivity contribution in [1.82, 2.24) is 0 Å². The third kappa shape index (κ3) is 4.88. The minimum absolute atomic E-state index is 0.0873. The lowest BCUT2D eigenvalue weighted by molar-refractivity contribution is -0.377. The highest BCUT2D eigenvalue weighted by Crippen LogP contribution is 2.59. The summed E-state index contributed by atoms with van der Waals surface area (Å²) in [5.74, 6) is 0. The van der Waals surface area contributed by atoms with Crippen LogP contribution in [0.5, 0.6) is 0 Å². The van der Waals surface area contributed by atoms with Gasteiger partial charge in [-0.15, -0.1) is 0 Å². The van der Waals surface area contributed by atoms with Gasteiger partial charge in [0.05, 0.1) is 0 Å².